The summed E-state index contributed by atoms with van der Waals surface area (Å²) in [7, 11) is 0. The zero-order chi connectivity index (χ0) is 11.5. The van der Waals surface area contributed by atoms with E-state index >= 15 is 0 Å². The first-order valence-corrected chi connectivity index (χ1v) is 5.68. The maximum absolute atomic E-state index is 11.6. The highest BCUT2D eigenvalue weighted by molar-refractivity contribution is 9.10. The first-order valence-electron chi connectivity index (χ1n) is 4.89. The van der Waals surface area contributed by atoms with Gasteiger partial charge in [-0.2, -0.15) is 0 Å². The third-order valence-corrected chi connectivity index (χ3v) is 2.44. The molecule has 0 aromatic carbocycles. The second kappa shape index (κ2) is 4.94. The summed E-state index contributed by atoms with van der Waals surface area (Å²) in [4.78, 5) is 11.6. The molecule has 0 saturated carbocycles. The maximum atomic E-state index is 11.6. The average Bonchev–Trinajstić information content (AvgIpc) is 2.10. The fourth-order valence-corrected chi connectivity index (χ4v) is 1.51. The van der Waals surface area contributed by atoms with Gasteiger partial charge in [-0.3, -0.25) is 4.79 Å². The third kappa shape index (κ3) is 4.18. The number of nitrogens with zero attached hydrogens (tertiary/aromatic N) is 1. The van der Waals surface area contributed by atoms with E-state index in [1.54, 1.807) is 16.8 Å². The van der Waals surface area contributed by atoms with Crippen LogP contribution in [-0.4, -0.2) is 16.8 Å². The van der Waals surface area contributed by atoms with E-state index in [2.05, 4.69) is 15.9 Å². The van der Waals surface area contributed by atoms with Crippen molar-refractivity contribution in [1.82, 2.24) is 4.57 Å². The molecule has 4 heteroatoms. The van der Waals surface area contributed by atoms with E-state index in [9.17, 15) is 4.79 Å². The molecule has 15 heavy (non-hydrogen) atoms. The van der Waals surface area contributed by atoms with Crippen LogP contribution >= 0.6 is 15.9 Å². The first-order chi connectivity index (χ1) is 6.90. The van der Waals surface area contributed by atoms with Crippen molar-refractivity contribution >= 4 is 15.9 Å². The molecule has 0 aliphatic rings. The number of halogens is 1. The predicted molar refractivity (Wildman–Crippen MR) is 64.1 cm³/mol. The second-order valence-electron chi connectivity index (χ2n) is 4.32. The Morgan fingerprint density at radius 3 is 2.73 bits per heavy atom. The predicted octanol–water partition coefficient (Wildman–Crippen LogP) is 2.43. The molecule has 0 saturated heterocycles. The first kappa shape index (κ1) is 12.5. The molecule has 1 rings (SSSR count). The second-order valence-corrected chi connectivity index (χ2v) is 5.17. The van der Waals surface area contributed by atoms with Crippen molar-refractivity contribution in [3.05, 3.63) is 33.2 Å². The van der Waals surface area contributed by atoms with Crippen LogP contribution in [0.3, 0.4) is 0 Å². The Labute approximate surface area is 98.2 Å². The smallest absolute Gasteiger partial charge is 0.264 e. The Bertz CT molecular complexity index is 379. The molecule has 84 valence electrons. The number of pyridine rings is 1. The van der Waals surface area contributed by atoms with Gasteiger partial charge in [0.15, 0.2) is 0 Å². The summed E-state index contributed by atoms with van der Waals surface area (Å²) in [5, 5.41) is 0. The van der Waals surface area contributed by atoms with Crippen LogP contribution in [0.1, 0.15) is 20.8 Å². The Kier molecular flexibility index (Phi) is 4.11. The van der Waals surface area contributed by atoms with Crippen molar-refractivity contribution in [2.24, 2.45) is 0 Å². The number of aromatic nitrogens is 1. The van der Waals surface area contributed by atoms with Crippen LogP contribution in [0.5, 0.6) is 0 Å². The summed E-state index contributed by atoms with van der Waals surface area (Å²) >= 11 is 3.20. The van der Waals surface area contributed by atoms with Gasteiger partial charge in [-0.1, -0.05) is 0 Å². The zero-order valence-electron chi connectivity index (χ0n) is 9.29. The normalized spacial score (nSPS) is 11.7. The van der Waals surface area contributed by atoms with Gasteiger partial charge in [-0.15, -0.1) is 0 Å². The maximum Gasteiger partial charge on any atom is 0.264 e. The topological polar surface area (TPSA) is 31.2 Å². The molecule has 0 radical (unpaired) electrons. The molecule has 0 aliphatic heterocycles. The lowest BCUT2D eigenvalue weighted by Crippen LogP contribution is -2.26. The number of rotatable bonds is 3. The Morgan fingerprint density at radius 1 is 1.47 bits per heavy atom. The summed E-state index contributed by atoms with van der Waals surface area (Å²) in [6.45, 7) is 7.11. The van der Waals surface area contributed by atoms with Crippen LogP contribution < -0.4 is 5.56 Å². The summed E-state index contributed by atoms with van der Waals surface area (Å²) < 4.78 is 7.77. The molecular formula is C11H16BrNO2. The van der Waals surface area contributed by atoms with Gasteiger partial charge in [-0.25, -0.2) is 0 Å². The average molecular weight is 274 g/mol. The quantitative estimate of drug-likeness (QED) is 0.847. The van der Waals surface area contributed by atoms with E-state index in [1.165, 1.54) is 0 Å². The summed E-state index contributed by atoms with van der Waals surface area (Å²) in [6, 6.07) is 3.58. The minimum atomic E-state index is -0.157. The van der Waals surface area contributed by atoms with Gasteiger partial charge >= 0.3 is 0 Å². The van der Waals surface area contributed by atoms with Crippen LogP contribution in [0.25, 0.3) is 0 Å². The largest absolute Gasteiger partial charge is 0.374 e. The van der Waals surface area contributed by atoms with Crippen molar-refractivity contribution in [2.75, 3.05) is 6.61 Å². The summed E-state index contributed by atoms with van der Waals surface area (Å²) in [5.41, 5.74) is -0.176. The van der Waals surface area contributed by atoms with Crippen molar-refractivity contribution in [2.45, 2.75) is 32.9 Å². The minimum Gasteiger partial charge on any atom is -0.374 e. The molecule has 0 bridgehead atoms. The highest BCUT2D eigenvalue weighted by atomic mass is 79.9. The van der Waals surface area contributed by atoms with Crippen LogP contribution in [0.2, 0.25) is 0 Å². The summed E-state index contributed by atoms with van der Waals surface area (Å²) in [5.74, 6) is 0. The SMILES string of the molecule is CC(C)(C)OCCn1cccc(Br)c1=O. The molecular weight excluding hydrogens is 258 g/mol. The lowest BCUT2D eigenvalue weighted by molar-refractivity contribution is -0.00714. The molecule has 1 heterocycles. The van der Waals surface area contributed by atoms with Crippen LogP contribution in [0.4, 0.5) is 0 Å². The monoisotopic (exact) mass is 273 g/mol. The van der Waals surface area contributed by atoms with Gasteiger partial charge < -0.3 is 9.30 Å². The van der Waals surface area contributed by atoms with Crippen LogP contribution in [-0.2, 0) is 11.3 Å². The highest BCUT2D eigenvalue weighted by Crippen LogP contribution is 2.06. The summed E-state index contributed by atoms with van der Waals surface area (Å²) in [6.07, 6.45) is 1.76. The number of hydrogen-bond donors (Lipinski definition) is 0. The zero-order valence-corrected chi connectivity index (χ0v) is 10.9. The molecule has 0 fully saturated rings. The van der Waals surface area contributed by atoms with Crippen molar-refractivity contribution in [3.63, 3.8) is 0 Å². The van der Waals surface area contributed by atoms with Gasteiger partial charge in [0.25, 0.3) is 5.56 Å². The van der Waals surface area contributed by atoms with Crippen LogP contribution in [0, 0.1) is 0 Å². The molecule has 3 nitrogen and oxygen atoms in total. The Morgan fingerprint density at radius 2 is 2.13 bits per heavy atom. The van der Waals surface area contributed by atoms with Gasteiger partial charge in [0.1, 0.15) is 0 Å². The molecule has 0 atom stereocenters. The third-order valence-electron chi connectivity index (χ3n) is 1.84. The van der Waals surface area contributed by atoms with E-state index in [0.717, 1.165) is 0 Å². The van der Waals surface area contributed by atoms with Gasteiger partial charge in [0.05, 0.1) is 16.7 Å². The fraction of sp³-hybridized carbons (Fsp3) is 0.545. The molecule has 0 aliphatic carbocycles. The van der Waals surface area contributed by atoms with Gasteiger partial charge in [-0.05, 0) is 48.8 Å². The van der Waals surface area contributed by atoms with E-state index < -0.39 is 0 Å². The highest BCUT2D eigenvalue weighted by Gasteiger charge is 2.09. The molecule has 1 aromatic heterocycles. The van der Waals surface area contributed by atoms with Crippen molar-refractivity contribution in [1.29, 1.82) is 0 Å². The molecule has 0 unspecified atom stereocenters. The minimum absolute atomic E-state index is 0.0185. The lowest BCUT2D eigenvalue weighted by Gasteiger charge is -2.19. The molecule has 1 aromatic rings. The number of ether oxygens (including phenoxy) is 1. The number of hydrogen-bond acceptors (Lipinski definition) is 2. The fourth-order valence-electron chi connectivity index (χ4n) is 1.13. The molecule has 0 amide bonds. The molecule has 0 N–H and O–H groups in total. The van der Waals surface area contributed by atoms with Crippen LogP contribution in [0.15, 0.2) is 27.6 Å². The standard InChI is InChI=1S/C11H16BrNO2/c1-11(2,3)15-8-7-13-6-4-5-9(12)10(13)14/h4-6H,7-8H2,1-3H3. The van der Waals surface area contributed by atoms with Gasteiger partial charge in [0, 0.05) is 12.7 Å². The van der Waals surface area contributed by atoms with E-state index in [0.29, 0.717) is 17.6 Å². The van der Waals surface area contributed by atoms with E-state index in [-0.39, 0.29) is 11.2 Å². The van der Waals surface area contributed by atoms with Crippen molar-refractivity contribution < 1.29 is 4.74 Å². The lowest BCUT2D eigenvalue weighted by atomic mass is 10.2. The van der Waals surface area contributed by atoms with E-state index in [4.69, 9.17) is 4.74 Å². The van der Waals surface area contributed by atoms with E-state index in [1.807, 2.05) is 26.8 Å². The van der Waals surface area contributed by atoms with Crippen molar-refractivity contribution in [3.8, 4) is 0 Å². The molecule has 0 spiro atoms. The van der Waals surface area contributed by atoms with Gasteiger partial charge in [0.2, 0.25) is 0 Å². The Balaban J connectivity index is 2.59. The Hall–Kier alpha value is -0.610.